The van der Waals surface area contributed by atoms with Crippen molar-refractivity contribution in [1.29, 1.82) is 0 Å². The molecule has 0 aliphatic heterocycles. The Morgan fingerprint density at radius 3 is 2.67 bits per heavy atom. The first kappa shape index (κ1) is 14.5. The van der Waals surface area contributed by atoms with Gasteiger partial charge in [0.25, 0.3) is 0 Å². The Hall–Kier alpha value is -2.90. The van der Waals surface area contributed by atoms with Crippen LogP contribution < -0.4 is 15.8 Å². The van der Waals surface area contributed by atoms with Crippen molar-refractivity contribution in [2.75, 3.05) is 7.05 Å². The van der Waals surface area contributed by atoms with Gasteiger partial charge in [0.05, 0.1) is 6.42 Å². The summed E-state index contributed by atoms with van der Waals surface area (Å²) in [6, 6.07) is 6.90. The molecule has 0 unspecified atom stereocenters. The second kappa shape index (κ2) is 6.51. The molecule has 2 aromatic rings. The maximum absolute atomic E-state index is 11.2. The number of hydrogen-bond donors (Lipinski definition) is 2. The molecular formula is C13H14N4O4. The summed E-state index contributed by atoms with van der Waals surface area (Å²) in [5.41, 5.74) is 5.91. The van der Waals surface area contributed by atoms with E-state index in [1.807, 2.05) is 0 Å². The second-order valence-corrected chi connectivity index (χ2v) is 4.17. The minimum atomic E-state index is -0.454. The SMILES string of the molecule is CNC(=O)c1nc(COc2ccc(CC(N)=O)cc2)no1. The molecule has 0 aliphatic rings. The number of ether oxygens (including phenoxy) is 1. The second-order valence-electron chi connectivity index (χ2n) is 4.17. The van der Waals surface area contributed by atoms with Crippen molar-refractivity contribution < 1.29 is 18.8 Å². The van der Waals surface area contributed by atoms with Crippen LogP contribution in [0.1, 0.15) is 22.1 Å². The molecule has 0 atom stereocenters. The highest BCUT2D eigenvalue weighted by Gasteiger charge is 2.13. The van der Waals surface area contributed by atoms with Crippen molar-refractivity contribution >= 4 is 11.8 Å². The molecule has 0 aliphatic carbocycles. The maximum Gasteiger partial charge on any atom is 0.316 e. The Balaban J connectivity index is 1.92. The van der Waals surface area contributed by atoms with Crippen LogP contribution in [0.15, 0.2) is 28.8 Å². The fourth-order valence-electron chi connectivity index (χ4n) is 1.56. The molecule has 0 fully saturated rings. The van der Waals surface area contributed by atoms with Gasteiger partial charge < -0.3 is 20.3 Å². The Morgan fingerprint density at radius 2 is 2.05 bits per heavy atom. The van der Waals surface area contributed by atoms with E-state index >= 15 is 0 Å². The molecule has 0 saturated heterocycles. The Morgan fingerprint density at radius 1 is 1.33 bits per heavy atom. The minimum Gasteiger partial charge on any atom is -0.485 e. The number of rotatable bonds is 6. The third-order valence-corrected chi connectivity index (χ3v) is 2.56. The zero-order chi connectivity index (χ0) is 15.2. The molecule has 0 saturated carbocycles. The van der Waals surface area contributed by atoms with Crippen LogP contribution in [0.5, 0.6) is 5.75 Å². The fraction of sp³-hybridized carbons (Fsp3) is 0.231. The van der Waals surface area contributed by atoms with Gasteiger partial charge in [0.2, 0.25) is 11.7 Å². The van der Waals surface area contributed by atoms with Gasteiger partial charge in [0.1, 0.15) is 5.75 Å². The van der Waals surface area contributed by atoms with Crippen molar-refractivity contribution in [3.05, 3.63) is 41.5 Å². The van der Waals surface area contributed by atoms with Crippen LogP contribution in [0.3, 0.4) is 0 Å². The first-order valence-corrected chi connectivity index (χ1v) is 6.13. The first-order valence-electron chi connectivity index (χ1n) is 6.13. The van der Waals surface area contributed by atoms with E-state index in [1.165, 1.54) is 7.05 Å². The zero-order valence-electron chi connectivity index (χ0n) is 11.3. The molecular weight excluding hydrogens is 276 g/mol. The fourth-order valence-corrected chi connectivity index (χ4v) is 1.56. The lowest BCUT2D eigenvalue weighted by molar-refractivity contribution is -0.117. The summed E-state index contributed by atoms with van der Waals surface area (Å²) in [6.07, 6.45) is 0.181. The topological polar surface area (TPSA) is 120 Å². The van der Waals surface area contributed by atoms with Gasteiger partial charge in [0, 0.05) is 7.05 Å². The van der Waals surface area contributed by atoms with E-state index in [9.17, 15) is 9.59 Å². The molecule has 110 valence electrons. The number of nitrogens with one attached hydrogen (secondary N) is 1. The molecule has 1 aromatic carbocycles. The summed E-state index contributed by atoms with van der Waals surface area (Å²) in [7, 11) is 1.47. The van der Waals surface area contributed by atoms with Gasteiger partial charge in [0.15, 0.2) is 6.61 Å². The lowest BCUT2D eigenvalue weighted by Crippen LogP contribution is -2.18. The van der Waals surface area contributed by atoms with Crippen LogP contribution >= 0.6 is 0 Å². The number of aromatic nitrogens is 2. The van der Waals surface area contributed by atoms with E-state index in [0.29, 0.717) is 5.75 Å². The predicted molar refractivity (Wildman–Crippen MR) is 71.4 cm³/mol. The molecule has 2 rings (SSSR count). The van der Waals surface area contributed by atoms with E-state index in [2.05, 4.69) is 15.5 Å². The lowest BCUT2D eigenvalue weighted by Gasteiger charge is -2.04. The summed E-state index contributed by atoms with van der Waals surface area (Å²) in [6.45, 7) is 0.0651. The van der Waals surface area contributed by atoms with Crippen molar-refractivity contribution in [1.82, 2.24) is 15.5 Å². The predicted octanol–water partition coefficient (Wildman–Crippen LogP) is 0.0360. The van der Waals surface area contributed by atoms with Crippen molar-refractivity contribution in [3.63, 3.8) is 0 Å². The number of nitrogens with two attached hydrogens (primary N) is 1. The van der Waals surface area contributed by atoms with Gasteiger partial charge in [-0.3, -0.25) is 9.59 Å². The van der Waals surface area contributed by atoms with E-state index in [1.54, 1.807) is 24.3 Å². The Bertz CT molecular complexity index is 636. The quantitative estimate of drug-likeness (QED) is 0.774. The average molecular weight is 290 g/mol. The van der Waals surface area contributed by atoms with Crippen LogP contribution in [0.2, 0.25) is 0 Å². The van der Waals surface area contributed by atoms with Gasteiger partial charge >= 0.3 is 11.8 Å². The van der Waals surface area contributed by atoms with Crippen LogP contribution in [0.4, 0.5) is 0 Å². The highest BCUT2D eigenvalue weighted by molar-refractivity contribution is 5.89. The maximum atomic E-state index is 11.2. The normalized spacial score (nSPS) is 10.1. The van der Waals surface area contributed by atoms with Crippen LogP contribution in [0.25, 0.3) is 0 Å². The average Bonchev–Trinajstić information content (AvgIpc) is 2.94. The standard InChI is InChI=1S/C13H14N4O4/c1-15-12(19)13-16-11(17-21-13)7-20-9-4-2-8(3-5-9)6-10(14)18/h2-5H,6-7H2,1H3,(H2,14,18)(H,15,19). The molecule has 1 heterocycles. The number of primary amides is 1. The molecule has 1 aromatic heterocycles. The molecule has 3 N–H and O–H groups in total. The van der Waals surface area contributed by atoms with Crippen LogP contribution in [-0.2, 0) is 17.8 Å². The number of hydrogen-bond acceptors (Lipinski definition) is 6. The third kappa shape index (κ3) is 4.03. The van der Waals surface area contributed by atoms with Crippen molar-refractivity contribution in [2.45, 2.75) is 13.0 Å². The molecule has 0 radical (unpaired) electrons. The molecule has 0 bridgehead atoms. The summed E-state index contributed by atoms with van der Waals surface area (Å²) in [4.78, 5) is 25.9. The Labute approximate surface area is 120 Å². The lowest BCUT2D eigenvalue weighted by atomic mass is 10.1. The zero-order valence-corrected chi connectivity index (χ0v) is 11.3. The van der Waals surface area contributed by atoms with Gasteiger partial charge in [-0.15, -0.1) is 0 Å². The Kier molecular flexibility index (Phi) is 4.50. The van der Waals surface area contributed by atoms with Gasteiger partial charge in [-0.1, -0.05) is 17.3 Å². The van der Waals surface area contributed by atoms with Crippen LogP contribution in [0, 0.1) is 0 Å². The number of amides is 2. The van der Waals surface area contributed by atoms with E-state index in [0.717, 1.165) is 5.56 Å². The first-order chi connectivity index (χ1) is 10.1. The third-order valence-electron chi connectivity index (χ3n) is 2.56. The number of carbonyl (C=O) groups excluding carboxylic acids is 2. The number of benzene rings is 1. The van der Waals surface area contributed by atoms with E-state index < -0.39 is 11.8 Å². The van der Waals surface area contributed by atoms with Gasteiger partial charge in [-0.2, -0.15) is 4.98 Å². The monoisotopic (exact) mass is 290 g/mol. The summed E-state index contributed by atoms with van der Waals surface area (Å²) < 4.78 is 10.2. The molecule has 21 heavy (non-hydrogen) atoms. The molecule has 8 nitrogen and oxygen atoms in total. The summed E-state index contributed by atoms with van der Waals surface area (Å²) in [5.74, 6) is -0.126. The molecule has 2 amide bonds. The van der Waals surface area contributed by atoms with E-state index in [-0.39, 0.29) is 24.7 Å². The summed E-state index contributed by atoms with van der Waals surface area (Å²) in [5, 5.41) is 6.00. The smallest absolute Gasteiger partial charge is 0.316 e. The van der Waals surface area contributed by atoms with E-state index in [4.69, 9.17) is 15.0 Å². The van der Waals surface area contributed by atoms with Gasteiger partial charge in [-0.25, -0.2) is 0 Å². The summed E-state index contributed by atoms with van der Waals surface area (Å²) >= 11 is 0. The highest BCUT2D eigenvalue weighted by Crippen LogP contribution is 2.14. The van der Waals surface area contributed by atoms with Gasteiger partial charge in [-0.05, 0) is 17.7 Å². The minimum absolute atomic E-state index is 0.0651. The van der Waals surface area contributed by atoms with Crippen LogP contribution in [-0.4, -0.2) is 29.0 Å². The largest absolute Gasteiger partial charge is 0.485 e. The molecule has 8 heteroatoms. The number of nitrogens with zero attached hydrogens (tertiary/aromatic N) is 2. The van der Waals surface area contributed by atoms with Crippen molar-refractivity contribution in [2.24, 2.45) is 5.73 Å². The molecule has 0 spiro atoms. The highest BCUT2D eigenvalue weighted by atomic mass is 16.5. The van der Waals surface area contributed by atoms with Crippen molar-refractivity contribution in [3.8, 4) is 5.75 Å². The number of carbonyl (C=O) groups is 2.